The SMILES string of the molecule is Cc1cc(Br)c(O)c(CC(C)C(=O)O)c1. The Kier molecular flexibility index (Phi) is 3.74. The van der Waals surface area contributed by atoms with Crippen molar-refractivity contribution in [1.82, 2.24) is 0 Å². The molecule has 0 heterocycles. The molecular formula is C11H13BrO3. The van der Waals surface area contributed by atoms with E-state index in [0.717, 1.165) is 5.56 Å². The molecule has 0 aliphatic rings. The monoisotopic (exact) mass is 272 g/mol. The van der Waals surface area contributed by atoms with Crippen LogP contribution in [0, 0.1) is 12.8 Å². The first kappa shape index (κ1) is 12.0. The van der Waals surface area contributed by atoms with Crippen LogP contribution in [0.1, 0.15) is 18.1 Å². The van der Waals surface area contributed by atoms with Crippen LogP contribution in [-0.2, 0) is 11.2 Å². The summed E-state index contributed by atoms with van der Waals surface area (Å²) in [5.74, 6) is -1.22. The Morgan fingerprint density at radius 3 is 2.67 bits per heavy atom. The number of halogens is 1. The van der Waals surface area contributed by atoms with Crippen molar-refractivity contribution >= 4 is 21.9 Å². The van der Waals surface area contributed by atoms with Crippen molar-refractivity contribution in [3.8, 4) is 5.75 Å². The van der Waals surface area contributed by atoms with Crippen LogP contribution in [0.4, 0.5) is 0 Å². The van der Waals surface area contributed by atoms with Gasteiger partial charge in [-0.15, -0.1) is 0 Å². The average Bonchev–Trinajstić information content (AvgIpc) is 2.13. The molecule has 1 atom stereocenters. The highest BCUT2D eigenvalue weighted by molar-refractivity contribution is 9.10. The number of aryl methyl sites for hydroxylation is 1. The van der Waals surface area contributed by atoms with Gasteiger partial charge in [-0.3, -0.25) is 4.79 Å². The molecule has 0 aromatic heterocycles. The molecule has 0 aliphatic carbocycles. The minimum atomic E-state index is -0.855. The molecule has 0 aliphatic heterocycles. The van der Waals surface area contributed by atoms with Gasteiger partial charge in [0, 0.05) is 0 Å². The number of phenolic OH excluding ortho intramolecular Hbond substituents is 1. The highest BCUT2D eigenvalue weighted by Gasteiger charge is 2.15. The lowest BCUT2D eigenvalue weighted by Crippen LogP contribution is -2.12. The van der Waals surface area contributed by atoms with Crippen molar-refractivity contribution in [1.29, 1.82) is 0 Å². The standard InChI is InChI=1S/C11H13BrO3/c1-6-3-8(5-7(2)11(14)15)10(13)9(12)4-6/h3-4,7,13H,5H2,1-2H3,(H,14,15). The number of carboxylic acid groups (broad SMARTS) is 1. The lowest BCUT2D eigenvalue weighted by Gasteiger charge is -2.10. The van der Waals surface area contributed by atoms with Crippen LogP contribution >= 0.6 is 15.9 Å². The summed E-state index contributed by atoms with van der Waals surface area (Å²) < 4.78 is 0.607. The van der Waals surface area contributed by atoms with Crippen LogP contribution in [-0.4, -0.2) is 16.2 Å². The normalized spacial score (nSPS) is 12.5. The van der Waals surface area contributed by atoms with Crippen LogP contribution in [0.15, 0.2) is 16.6 Å². The summed E-state index contributed by atoms with van der Waals surface area (Å²) in [5.41, 5.74) is 1.66. The molecule has 1 unspecified atom stereocenters. The van der Waals surface area contributed by atoms with Gasteiger partial charge in [-0.05, 0) is 46.5 Å². The number of hydrogen-bond donors (Lipinski definition) is 2. The molecule has 15 heavy (non-hydrogen) atoms. The van der Waals surface area contributed by atoms with E-state index in [0.29, 0.717) is 16.5 Å². The third-order valence-electron chi connectivity index (χ3n) is 2.23. The number of hydrogen-bond acceptors (Lipinski definition) is 2. The van der Waals surface area contributed by atoms with Gasteiger partial charge in [0.25, 0.3) is 0 Å². The quantitative estimate of drug-likeness (QED) is 0.890. The number of rotatable bonds is 3. The van der Waals surface area contributed by atoms with E-state index in [9.17, 15) is 9.90 Å². The molecule has 0 saturated carbocycles. The topological polar surface area (TPSA) is 57.5 Å². The zero-order valence-corrected chi connectivity index (χ0v) is 10.2. The molecule has 4 heteroatoms. The molecule has 1 rings (SSSR count). The maximum absolute atomic E-state index is 10.7. The second-order valence-electron chi connectivity index (χ2n) is 3.70. The number of aliphatic carboxylic acids is 1. The van der Waals surface area contributed by atoms with Gasteiger partial charge >= 0.3 is 5.97 Å². The van der Waals surface area contributed by atoms with Crippen LogP contribution in [0.2, 0.25) is 0 Å². The first-order valence-electron chi connectivity index (χ1n) is 4.62. The first-order chi connectivity index (χ1) is 6.91. The molecule has 0 saturated heterocycles. The fraction of sp³-hybridized carbons (Fsp3) is 0.364. The van der Waals surface area contributed by atoms with E-state index in [1.165, 1.54) is 0 Å². The molecule has 0 spiro atoms. The maximum atomic E-state index is 10.7. The average molecular weight is 273 g/mol. The third-order valence-corrected chi connectivity index (χ3v) is 2.84. The van der Waals surface area contributed by atoms with Gasteiger partial charge in [-0.2, -0.15) is 0 Å². The van der Waals surface area contributed by atoms with Gasteiger partial charge in [-0.1, -0.05) is 13.0 Å². The number of carbonyl (C=O) groups is 1. The molecule has 0 bridgehead atoms. The molecular weight excluding hydrogens is 260 g/mol. The van der Waals surface area contributed by atoms with Gasteiger partial charge < -0.3 is 10.2 Å². The van der Waals surface area contributed by atoms with E-state index >= 15 is 0 Å². The number of benzene rings is 1. The largest absolute Gasteiger partial charge is 0.506 e. The predicted octanol–water partition coefficient (Wildman–Crippen LogP) is 2.73. The Balaban J connectivity index is 2.99. The molecule has 1 aromatic rings. The van der Waals surface area contributed by atoms with Crippen LogP contribution in [0.5, 0.6) is 5.75 Å². The number of aromatic hydroxyl groups is 1. The van der Waals surface area contributed by atoms with Gasteiger partial charge in [-0.25, -0.2) is 0 Å². The highest BCUT2D eigenvalue weighted by atomic mass is 79.9. The van der Waals surface area contributed by atoms with E-state index < -0.39 is 11.9 Å². The van der Waals surface area contributed by atoms with Gasteiger partial charge in [0.1, 0.15) is 5.75 Å². The summed E-state index contributed by atoms with van der Waals surface area (Å²) >= 11 is 3.23. The summed E-state index contributed by atoms with van der Waals surface area (Å²) in [6, 6.07) is 3.60. The summed E-state index contributed by atoms with van der Waals surface area (Å²) in [4.78, 5) is 10.7. The van der Waals surface area contributed by atoms with Crippen molar-refractivity contribution in [2.45, 2.75) is 20.3 Å². The van der Waals surface area contributed by atoms with E-state index in [-0.39, 0.29) is 5.75 Å². The minimum absolute atomic E-state index is 0.133. The summed E-state index contributed by atoms with van der Waals surface area (Å²) in [6.07, 6.45) is 0.335. The smallest absolute Gasteiger partial charge is 0.306 e. The lowest BCUT2D eigenvalue weighted by molar-refractivity contribution is -0.141. The molecule has 2 N–H and O–H groups in total. The molecule has 0 radical (unpaired) electrons. The van der Waals surface area contributed by atoms with E-state index in [1.807, 2.05) is 6.92 Å². The van der Waals surface area contributed by atoms with Crippen molar-refractivity contribution in [2.24, 2.45) is 5.92 Å². The fourth-order valence-corrected chi connectivity index (χ4v) is 1.99. The van der Waals surface area contributed by atoms with Crippen molar-refractivity contribution in [2.75, 3.05) is 0 Å². The Morgan fingerprint density at radius 1 is 1.53 bits per heavy atom. The van der Waals surface area contributed by atoms with Crippen molar-refractivity contribution in [3.63, 3.8) is 0 Å². The van der Waals surface area contributed by atoms with Crippen molar-refractivity contribution in [3.05, 3.63) is 27.7 Å². The summed E-state index contributed by atoms with van der Waals surface area (Å²) in [5, 5.41) is 18.5. The Bertz CT molecular complexity index is 388. The molecule has 0 fully saturated rings. The molecule has 0 amide bonds. The molecule has 3 nitrogen and oxygen atoms in total. The third kappa shape index (κ3) is 2.96. The van der Waals surface area contributed by atoms with E-state index in [1.54, 1.807) is 19.1 Å². The van der Waals surface area contributed by atoms with Crippen LogP contribution in [0.25, 0.3) is 0 Å². The predicted molar refractivity (Wildman–Crippen MR) is 61.0 cm³/mol. The molecule has 1 aromatic carbocycles. The second kappa shape index (κ2) is 4.66. The maximum Gasteiger partial charge on any atom is 0.306 e. The van der Waals surface area contributed by atoms with Gasteiger partial charge in [0.05, 0.1) is 10.4 Å². The van der Waals surface area contributed by atoms with Gasteiger partial charge in [0.15, 0.2) is 0 Å². The first-order valence-corrected chi connectivity index (χ1v) is 5.42. The van der Waals surface area contributed by atoms with Crippen LogP contribution < -0.4 is 0 Å². The lowest BCUT2D eigenvalue weighted by atomic mass is 9.99. The number of carboxylic acids is 1. The van der Waals surface area contributed by atoms with Crippen LogP contribution in [0.3, 0.4) is 0 Å². The highest BCUT2D eigenvalue weighted by Crippen LogP contribution is 2.30. The summed E-state index contributed by atoms with van der Waals surface area (Å²) in [6.45, 7) is 3.52. The zero-order valence-electron chi connectivity index (χ0n) is 8.62. The second-order valence-corrected chi connectivity index (χ2v) is 4.55. The number of phenols is 1. The van der Waals surface area contributed by atoms with E-state index in [2.05, 4.69) is 15.9 Å². The summed E-state index contributed by atoms with van der Waals surface area (Å²) in [7, 11) is 0. The Hall–Kier alpha value is -1.03. The zero-order chi connectivity index (χ0) is 11.6. The fourth-order valence-electron chi connectivity index (χ4n) is 1.38. The minimum Gasteiger partial charge on any atom is -0.506 e. The molecule has 82 valence electrons. The van der Waals surface area contributed by atoms with Crippen molar-refractivity contribution < 1.29 is 15.0 Å². The van der Waals surface area contributed by atoms with Gasteiger partial charge in [0.2, 0.25) is 0 Å². The Morgan fingerprint density at radius 2 is 2.13 bits per heavy atom. The van der Waals surface area contributed by atoms with E-state index in [4.69, 9.17) is 5.11 Å². The Labute approximate surface area is 96.9 Å².